The maximum atomic E-state index is 12.4. The first-order valence-electron chi connectivity index (χ1n) is 7.52. The number of hydrogen-bond donors (Lipinski definition) is 1. The highest BCUT2D eigenvalue weighted by Crippen LogP contribution is 2.28. The zero-order valence-electron chi connectivity index (χ0n) is 12.1. The summed E-state index contributed by atoms with van der Waals surface area (Å²) in [4.78, 5) is 0. The number of halogens is 1. The van der Waals surface area contributed by atoms with Crippen molar-refractivity contribution in [1.82, 2.24) is 5.32 Å². The first-order valence-corrected chi connectivity index (χ1v) is 9.39. The van der Waals surface area contributed by atoms with Crippen LogP contribution in [0.15, 0.2) is 24.3 Å². The van der Waals surface area contributed by atoms with Crippen LogP contribution in [0.2, 0.25) is 5.02 Å². The van der Waals surface area contributed by atoms with Crippen LogP contribution in [0, 0.1) is 5.92 Å². The maximum absolute atomic E-state index is 12.4. The molecule has 1 aromatic rings. The van der Waals surface area contributed by atoms with Crippen molar-refractivity contribution in [3.8, 4) is 0 Å². The minimum atomic E-state index is -0.856. The highest BCUT2D eigenvalue weighted by molar-refractivity contribution is 7.84. The molecule has 0 heterocycles. The SMILES string of the molecule is CCNC(CS(=O)Cc1ccccc1Cl)C1CCCC1. The van der Waals surface area contributed by atoms with Crippen LogP contribution in [-0.2, 0) is 16.6 Å². The summed E-state index contributed by atoms with van der Waals surface area (Å²) in [5.41, 5.74) is 0.995. The third-order valence-electron chi connectivity index (χ3n) is 4.07. The van der Waals surface area contributed by atoms with Crippen LogP contribution in [0.25, 0.3) is 0 Å². The number of rotatable bonds is 7. The lowest BCUT2D eigenvalue weighted by Gasteiger charge is -2.24. The van der Waals surface area contributed by atoms with E-state index in [2.05, 4.69) is 12.2 Å². The van der Waals surface area contributed by atoms with E-state index in [4.69, 9.17) is 11.6 Å². The number of benzene rings is 1. The van der Waals surface area contributed by atoms with Gasteiger partial charge in [-0.3, -0.25) is 4.21 Å². The van der Waals surface area contributed by atoms with Gasteiger partial charge < -0.3 is 5.32 Å². The van der Waals surface area contributed by atoms with Gasteiger partial charge in [0.25, 0.3) is 0 Å². The van der Waals surface area contributed by atoms with Crippen molar-refractivity contribution in [2.75, 3.05) is 12.3 Å². The van der Waals surface area contributed by atoms with E-state index < -0.39 is 10.8 Å². The van der Waals surface area contributed by atoms with Crippen LogP contribution in [0.1, 0.15) is 38.2 Å². The summed E-state index contributed by atoms with van der Waals surface area (Å²) in [6, 6.07) is 8.10. The average molecular weight is 314 g/mol. The van der Waals surface area contributed by atoms with E-state index in [0.717, 1.165) is 22.9 Å². The molecule has 1 aromatic carbocycles. The molecule has 0 aromatic heterocycles. The van der Waals surface area contributed by atoms with Gasteiger partial charge in [0.2, 0.25) is 0 Å². The van der Waals surface area contributed by atoms with Crippen molar-refractivity contribution in [1.29, 1.82) is 0 Å². The fourth-order valence-corrected chi connectivity index (χ4v) is 4.82. The van der Waals surface area contributed by atoms with E-state index in [9.17, 15) is 4.21 Å². The van der Waals surface area contributed by atoms with E-state index in [1.807, 2.05) is 24.3 Å². The molecule has 0 spiro atoms. The van der Waals surface area contributed by atoms with Crippen LogP contribution in [-0.4, -0.2) is 22.5 Å². The van der Waals surface area contributed by atoms with Crippen LogP contribution < -0.4 is 5.32 Å². The monoisotopic (exact) mass is 313 g/mol. The Morgan fingerprint density at radius 3 is 2.70 bits per heavy atom. The van der Waals surface area contributed by atoms with Crippen molar-refractivity contribution in [2.45, 2.75) is 44.4 Å². The molecule has 112 valence electrons. The quantitative estimate of drug-likeness (QED) is 0.830. The second kappa shape index (κ2) is 8.16. The summed E-state index contributed by atoms with van der Waals surface area (Å²) in [5.74, 6) is 2.00. The predicted molar refractivity (Wildman–Crippen MR) is 87.6 cm³/mol. The minimum absolute atomic E-state index is 0.394. The van der Waals surface area contributed by atoms with E-state index >= 15 is 0 Å². The zero-order valence-corrected chi connectivity index (χ0v) is 13.7. The second-order valence-electron chi connectivity index (χ2n) is 5.55. The van der Waals surface area contributed by atoms with Gasteiger partial charge in [0.1, 0.15) is 0 Å². The topological polar surface area (TPSA) is 29.1 Å². The Labute approximate surface area is 129 Å². The molecule has 0 radical (unpaired) electrons. The first kappa shape index (κ1) is 16.0. The molecule has 2 nitrogen and oxygen atoms in total. The van der Waals surface area contributed by atoms with E-state index in [1.54, 1.807) is 0 Å². The Balaban J connectivity index is 1.92. The Morgan fingerprint density at radius 2 is 2.05 bits per heavy atom. The molecular weight excluding hydrogens is 290 g/mol. The van der Waals surface area contributed by atoms with Gasteiger partial charge in [-0.2, -0.15) is 0 Å². The minimum Gasteiger partial charge on any atom is -0.313 e. The molecule has 0 aliphatic heterocycles. The average Bonchev–Trinajstić information content (AvgIpc) is 2.95. The largest absolute Gasteiger partial charge is 0.313 e. The molecule has 2 unspecified atom stereocenters. The van der Waals surface area contributed by atoms with Crippen molar-refractivity contribution in [3.63, 3.8) is 0 Å². The van der Waals surface area contributed by atoms with Gasteiger partial charge in [0.15, 0.2) is 0 Å². The molecule has 20 heavy (non-hydrogen) atoms. The normalized spacial score (nSPS) is 19.1. The van der Waals surface area contributed by atoms with E-state index in [-0.39, 0.29) is 0 Å². The van der Waals surface area contributed by atoms with E-state index in [0.29, 0.717) is 17.7 Å². The predicted octanol–water partition coefficient (Wildman–Crippen LogP) is 3.76. The molecule has 1 N–H and O–H groups in total. The highest BCUT2D eigenvalue weighted by Gasteiger charge is 2.25. The standard InChI is InChI=1S/C16H24ClNOS/c1-2-18-16(13-7-3-4-8-13)12-20(19)11-14-9-5-6-10-15(14)17/h5-6,9-10,13,16,18H,2-4,7-8,11-12H2,1H3. The fourth-order valence-electron chi connectivity index (χ4n) is 3.03. The fraction of sp³-hybridized carbons (Fsp3) is 0.625. The van der Waals surface area contributed by atoms with Gasteiger partial charge in [-0.05, 0) is 36.9 Å². The van der Waals surface area contributed by atoms with Crippen molar-refractivity contribution in [3.05, 3.63) is 34.9 Å². The molecule has 1 aliphatic carbocycles. The molecule has 0 saturated heterocycles. The molecule has 4 heteroatoms. The molecule has 2 atom stereocenters. The van der Waals surface area contributed by atoms with Gasteiger partial charge in [0, 0.05) is 27.6 Å². The first-order chi connectivity index (χ1) is 9.70. The van der Waals surface area contributed by atoms with Crippen molar-refractivity contribution in [2.24, 2.45) is 5.92 Å². The van der Waals surface area contributed by atoms with Crippen molar-refractivity contribution >= 4 is 22.4 Å². The third kappa shape index (κ3) is 4.57. The lowest BCUT2D eigenvalue weighted by atomic mass is 10.00. The lowest BCUT2D eigenvalue weighted by molar-refractivity contribution is 0.392. The van der Waals surface area contributed by atoms with Crippen LogP contribution in [0.5, 0.6) is 0 Å². The van der Waals surface area contributed by atoms with E-state index in [1.165, 1.54) is 25.7 Å². The zero-order chi connectivity index (χ0) is 14.4. The molecule has 2 rings (SSSR count). The smallest absolute Gasteiger partial charge is 0.0501 e. The Hall–Kier alpha value is -0.380. The summed E-state index contributed by atoms with van der Waals surface area (Å²) in [6.45, 7) is 3.07. The molecule has 0 amide bonds. The van der Waals surface area contributed by atoms with Crippen LogP contribution in [0.3, 0.4) is 0 Å². The summed E-state index contributed by atoms with van der Waals surface area (Å²) in [5, 5.41) is 4.25. The third-order valence-corrected chi connectivity index (χ3v) is 5.81. The van der Waals surface area contributed by atoms with Gasteiger partial charge in [-0.25, -0.2) is 0 Å². The summed E-state index contributed by atoms with van der Waals surface area (Å²) in [7, 11) is -0.856. The summed E-state index contributed by atoms with van der Waals surface area (Å²) < 4.78 is 12.4. The van der Waals surface area contributed by atoms with Gasteiger partial charge in [-0.1, -0.05) is 49.6 Å². The van der Waals surface area contributed by atoms with Crippen molar-refractivity contribution < 1.29 is 4.21 Å². The van der Waals surface area contributed by atoms with Gasteiger partial charge in [0.05, 0.1) is 5.75 Å². The molecule has 1 aliphatic rings. The highest BCUT2D eigenvalue weighted by atomic mass is 35.5. The molecule has 0 bridgehead atoms. The number of nitrogens with one attached hydrogen (secondary N) is 1. The van der Waals surface area contributed by atoms with Crippen LogP contribution >= 0.6 is 11.6 Å². The summed E-state index contributed by atoms with van der Waals surface area (Å²) in [6.07, 6.45) is 5.20. The molecular formula is C16H24ClNOS. The van der Waals surface area contributed by atoms with Gasteiger partial charge in [-0.15, -0.1) is 0 Å². The summed E-state index contributed by atoms with van der Waals surface area (Å²) >= 11 is 6.14. The second-order valence-corrected chi connectivity index (χ2v) is 7.46. The number of hydrogen-bond acceptors (Lipinski definition) is 2. The maximum Gasteiger partial charge on any atom is 0.0501 e. The molecule has 1 saturated carbocycles. The molecule has 1 fully saturated rings. The van der Waals surface area contributed by atoms with Crippen LogP contribution in [0.4, 0.5) is 0 Å². The Morgan fingerprint density at radius 1 is 1.35 bits per heavy atom. The lowest BCUT2D eigenvalue weighted by Crippen LogP contribution is -2.39. The Bertz CT molecular complexity index is 446. The van der Waals surface area contributed by atoms with Gasteiger partial charge >= 0.3 is 0 Å². The Kier molecular flexibility index (Phi) is 6.53.